The molecule has 0 saturated heterocycles. The van der Waals surface area contributed by atoms with E-state index in [1.54, 1.807) is 12.1 Å². The van der Waals surface area contributed by atoms with Crippen molar-refractivity contribution in [1.29, 1.82) is 0 Å². The number of amides is 1. The SMILES string of the molecule is C[C@@H](NC(=O)[C@@H]1Cc2ccccc2O1)c1ccc(S(N)(=O)=O)cc1. The summed E-state index contributed by atoms with van der Waals surface area (Å²) in [7, 11) is -3.72. The van der Waals surface area contributed by atoms with Crippen molar-refractivity contribution in [2.24, 2.45) is 5.14 Å². The first-order valence-corrected chi connectivity index (χ1v) is 9.07. The quantitative estimate of drug-likeness (QED) is 0.877. The standard InChI is InChI=1S/C17H18N2O4S/c1-11(12-6-8-14(9-7-12)24(18,21)22)19-17(20)16-10-13-4-2-3-5-15(13)23-16/h2-9,11,16H,10H2,1H3,(H,19,20)(H2,18,21,22)/t11-,16+/m1/s1. The number of fused-ring (bicyclic) bond motifs is 1. The van der Waals surface area contributed by atoms with Crippen LogP contribution in [0.5, 0.6) is 5.75 Å². The van der Waals surface area contributed by atoms with Crippen LogP contribution in [0.2, 0.25) is 0 Å². The molecule has 0 unspecified atom stereocenters. The summed E-state index contributed by atoms with van der Waals surface area (Å²) >= 11 is 0. The minimum atomic E-state index is -3.72. The second-order valence-corrected chi connectivity index (χ2v) is 7.32. The molecule has 1 amide bonds. The van der Waals surface area contributed by atoms with E-state index in [0.29, 0.717) is 6.42 Å². The van der Waals surface area contributed by atoms with Gasteiger partial charge in [-0.25, -0.2) is 13.6 Å². The molecular weight excluding hydrogens is 328 g/mol. The van der Waals surface area contributed by atoms with Gasteiger partial charge in [-0.15, -0.1) is 0 Å². The Hall–Kier alpha value is -2.38. The van der Waals surface area contributed by atoms with E-state index < -0.39 is 16.1 Å². The van der Waals surface area contributed by atoms with Gasteiger partial charge in [-0.3, -0.25) is 4.79 Å². The Bertz CT molecular complexity index is 837. The molecule has 3 N–H and O–H groups in total. The number of ether oxygens (including phenoxy) is 1. The van der Waals surface area contributed by atoms with Crippen molar-refractivity contribution in [2.75, 3.05) is 0 Å². The van der Waals surface area contributed by atoms with Crippen LogP contribution in [0.15, 0.2) is 53.4 Å². The van der Waals surface area contributed by atoms with Crippen molar-refractivity contribution in [3.63, 3.8) is 0 Å². The third kappa shape index (κ3) is 3.42. The molecule has 0 aromatic heterocycles. The zero-order valence-electron chi connectivity index (χ0n) is 13.1. The first-order valence-electron chi connectivity index (χ1n) is 7.52. The van der Waals surface area contributed by atoms with Crippen LogP contribution in [-0.4, -0.2) is 20.4 Å². The fraction of sp³-hybridized carbons (Fsp3) is 0.235. The minimum absolute atomic E-state index is 0.0411. The lowest BCUT2D eigenvalue weighted by molar-refractivity contribution is -0.127. The average Bonchev–Trinajstić information content (AvgIpc) is 2.98. The predicted octanol–water partition coefficient (Wildman–Crippen LogP) is 1.51. The highest BCUT2D eigenvalue weighted by atomic mass is 32.2. The number of para-hydroxylation sites is 1. The second kappa shape index (κ2) is 6.26. The van der Waals surface area contributed by atoms with Gasteiger partial charge in [-0.1, -0.05) is 30.3 Å². The maximum atomic E-state index is 12.4. The van der Waals surface area contributed by atoms with Crippen molar-refractivity contribution >= 4 is 15.9 Å². The Morgan fingerprint density at radius 2 is 1.88 bits per heavy atom. The van der Waals surface area contributed by atoms with Crippen molar-refractivity contribution in [3.05, 3.63) is 59.7 Å². The Morgan fingerprint density at radius 1 is 1.21 bits per heavy atom. The van der Waals surface area contributed by atoms with Crippen molar-refractivity contribution in [1.82, 2.24) is 5.32 Å². The molecule has 0 saturated carbocycles. The van der Waals surface area contributed by atoms with E-state index in [0.717, 1.165) is 16.9 Å². The van der Waals surface area contributed by atoms with Gasteiger partial charge in [0.25, 0.3) is 5.91 Å². The number of hydrogen-bond donors (Lipinski definition) is 2. The van der Waals surface area contributed by atoms with Crippen molar-refractivity contribution < 1.29 is 17.9 Å². The van der Waals surface area contributed by atoms with Gasteiger partial charge in [-0.05, 0) is 36.2 Å². The largest absolute Gasteiger partial charge is 0.480 e. The molecular formula is C17H18N2O4S. The van der Waals surface area contributed by atoms with Crippen molar-refractivity contribution in [2.45, 2.75) is 30.4 Å². The highest BCUT2D eigenvalue weighted by Crippen LogP contribution is 2.28. The van der Waals surface area contributed by atoms with Crippen LogP contribution < -0.4 is 15.2 Å². The molecule has 3 rings (SSSR count). The zero-order valence-corrected chi connectivity index (χ0v) is 13.9. The number of benzene rings is 2. The van der Waals surface area contributed by atoms with Crippen LogP contribution in [0.25, 0.3) is 0 Å². The minimum Gasteiger partial charge on any atom is -0.480 e. The van der Waals surface area contributed by atoms with Crippen LogP contribution in [0.1, 0.15) is 24.1 Å². The van der Waals surface area contributed by atoms with Crippen LogP contribution in [0.3, 0.4) is 0 Å². The van der Waals surface area contributed by atoms with Gasteiger partial charge < -0.3 is 10.1 Å². The Balaban J connectivity index is 1.65. The summed E-state index contributed by atoms with van der Waals surface area (Å²) in [5.74, 6) is 0.539. The number of primary sulfonamides is 1. The number of sulfonamides is 1. The summed E-state index contributed by atoms with van der Waals surface area (Å²) in [5.41, 5.74) is 1.80. The molecule has 2 atom stereocenters. The zero-order chi connectivity index (χ0) is 17.3. The molecule has 24 heavy (non-hydrogen) atoms. The van der Waals surface area contributed by atoms with Gasteiger partial charge in [0.2, 0.25) is 10.0 Å². The number of rotatable bonds is 4. The van der Waals surface area contributed by atoms with E-state index in [2.05, 4.69) is 5.32 Å². The molecule has 1 aliphatic heterocycles. The molecule has 0 aliphatic carbocycles. The molecule has 1 aliphatic rings. The molecule has 2 aromatic carbocycles. The monoisotopic (exact) mass is 346 g/mol. The summed E-state index contributed by atoms with van der Waals surface area (Å²) < 4.78 is 28.2. The first-order chi connectivity index (χ1) is 11.3. The highest BCUT2D eigenvalue weighted by molar-refractivity contribution is 7.89. The molecule has 7 heteroatoms. The average molecular weight is 346 g/mol. The summed E-state index contributed by atoms with van der Waals surface area (Å²) in [6, 6.07) is 13.4. The number of nitrogens with one attached hydrogen (secondary N) is 1. The smallest absolute Gasteiger partial charge is 0.261 e. The van der Waals surface area contributed by atoms with Gasteiger partial charge in [0.05, 0.1) is 10.9 Å². The van der Waals surface area contributed by atoms with E-state index in [1.165, 1.54) is 12.1 Å². The van der Waals surface area contributed by atoms with Gasteiger partial charge in [-0.2, -0.15) is 0 Å². The van der Waals surface area contributed by atoms with Gasteiger partial charge >= 0.3 is 0 Å². The fourth-order valence-electron chi connectivity index (χ4n) is 2.66. The molecule has 0 radical (unpaired) electrons. The molecule has 1 heterocycles. The lowest BCUT2D eigenvalue weighted by atomic mass is 10.1. The molecule has 6 nitrogen and oxygen atoms in total. The maximum absolute atomic E-state index is 12.4. The molecule has 0 spiro atoms. The highest BCUT2D eigenvalue weighted by Gasteiger charge is 2.29. The fourth-order valence-corrected chi connectivity index (χ4v) is 3.18. The van der Waals surface area contributed by atoms with Crippen LogP contribution in [0.4, 0.5) is 0 Å². The number of hydrogen-bond acceptors (Lipinski definition) is 4. The third-order valence-corrected chi connectivity index (χ3v) is 4.94. The Morgan fingerprint density at radius 3 is 2.50 bits per heavy atom. The maximum Gasteiger partial charge on any atom is 0.261 e. The lowest BCUT2D eigenvalue weighted by Gasteiger charge is -2.17. The summed E-state index contributed by atoms with van der Waals surface area (Å²) in [6.45, 7) is 1.83. The van der Waals surface area contributed by atoms with E-state index in [1.807, 2.05) is 31.2 Å². The van der Waals surface area contributed by atoms with Crippen LogP contribution >= 0.6 is 0 Å². The number of carbonyl (C=O) groups excluding carboxylic acids is 1. The summed E-state index contributed by atoms with van der Waals surface area (Å²) in [4.78, 5) is 12.4. The van der Waals surface area contributed by atoms with Gasteiger partial charge in [0, 0.05) is 6.42 Å². The summed E-state index contributed by atoms with van der Waals surface area (Å²) in [5, 5.41) is 7.96. The molecule has 0 fully saturated rings. The van der Waals surface area contributed by atoms with Crippen molar-refractivity contribution in [3.8, 4) is 5.75 Å². The predicted molar refractivity (Wildman–Crippen MR) is 88.9 cm³/mol. The van der Waals surface area contributed by atoms with Crippen LogP contribution in [-0.2, 0) is 21.2 Å². The topological polar surface area (TPSA) is 98.5 Å². The van der Waals surface area contributed by atoms with Gasteiger partial charge in [0.1, 0.15) is 5.75 Å². The van der Waals surface area contributed by atoms with E-state index >= 15 is 0 Å². The third-order valence-electron chi connectivity index (χ3n) is 4.01. The normalized spacial score (nSPS) is 17.7. The summed E-state index contributed by atoms with van der Waals surface area (Å²) in [6.07, 6.45) is -0.00689. The molecule has 0 bridgehead atoms. The van der Waals surface area contributed by atoms with E-state index in [-0.39, 0.29) is 16.8 Å². The Labute approximate surface area is 140 Å². The lowest BCUT2D eigenvalue weighted by Crippen LogP contribution is -2.38. The molecule has 2 aromatic rings. The van der Waals surface area contributed by atoms with Crippen LogP contribution in [0, 0.1) is 0 Å². The number of nitrogens with two attached hydrogens (primary N) is 1. The van der Waals surface area contributed by atoms with E-state index in [9.17, 15) is 13.2 Å². The van der Waals surface area contributed by atoms with Gasteiger partial charge in [0.15, 0.2) is 6.10 Å². The second-order valence-electron chi connectivity index (χ2n) is 5.76. The molecule has 126 valence electrons. The van der Waals surface area contributed by atoms with E-state index in [4.69, 9.17) is 9.88 Å². The number of carbonyl (C=O) groups is 1. The Kier molecular flexibility index (Phi) is 4.29. The first kappa shape index (κ1) is 16.5.